The van der Waals surface area contributed by atoms with Crippen molar-refractivity contribution in [2.75, 3.05) is 6.61 Å². The van der Waals surface area contributed by atoms with Crippen LogP contribution in [-0.4, -0.2) is 17.3 Å². The van der Waals surface area contributed by atoms with Crippen LogP contribution in [0.2, 0.25) is 0 Å². The summed E-state index contributed by atoms with van der Waals surface area (Å²) in [6, 6.07) is 6.13. The van der Waals surface area contributed by atoms with Gasteiger partial charge in [-0.05, 0) is 37.8 Å². The van der Waals surface area contributed by atoms with Crippen LogP contribution in [0.15, 0.2) is 18.2 Å². The van der Waals surface area contributed by atoms with Crippen LogP contribution in [0, 0.1) is 13.8 Å². The second-order valence-corrected chi connectivity index (χ2v) is 5.29. The SMILES string of the molecule is Cc1cccc(C)c1OCC1(O)CCCCC1. The Balaban J connectivity index is 2.02. The van der Waals surface area contributed by atoms with Gasteiger partial charge < -0.3 is 9.84 Å². The summed E-state index contributed by atoms with van der Waals surface area (Å²) >= 11 is 0. The summed E-state index contributed by atoms with van der Waals surface area (Å²) < 4.78 is 5.86. The fourth-order valence-corrected chi connectivity index (χ4v) is 2.59. The lowest BCUT2D eigenvalue weighted by molar-refractivity contribution is -0.0341. The van der Waals surface area contributed by atoms with Crippen LogP contribution in [0.5, 0.6) is 5.75 Å². The smallest absolute Gasteiger partial charge is 0.125 e. The minimum atomic E-state index is -0.604. The second-order valence-electron chi connectivity index (χ2n) is 5.29. The van der Waals surface area contributed by atoms with Crippen LogP contribution in [0.1, 0.15) is 43.2 Å². The molecule has 1 N–H and O–H groups in total. The maximum Gasteiger partial charge on any atom is 0.125 e. The fourth-order valence-electron chi connectivity index (χ4n) is 2.59. The van der Waals surface area contributed by atoms with Gasteiger partial charge in [-0.1, -0.05) is 37.5 Å². The number of hydrogen-bond acceptors (Lipinski definition) is 2. The first kappa shape index (κ1) is 12.4. The Morgan fingerprint density at radius 3 is 2.29 bits per heavy atom. The Kier molecular flexibility index (Phi) is 3.72. The van der Waals surface area contributed by atoms with Gasteiger partial charge in [0.05, 0.1) is 5.60 Å². The van der Waals surface area contributed by atoms with E-state index in [2.05, 4.69) is 0 Å². The monoisotopic (exact) mass is 234 g/mol. The molecule has 17 heavy (non-hydrogen) atoms. The zero-order valence-corrected chi connectivity index (χ0v) is 10.8. The Labute approximate surface area is 104 Å². The summed E-state index contributed by atoms with van der Waals surface area (Å²) in [6.45, 7) is 4.53. The third-order valence-electron chi connectivity index (χ3n) is 3.68. The highest BCUT2D eigenvalue weighted by molar-refractivity contribution is 5.39. The zero-order valence-electron chi connectivity index (χ0n) is 10.8. The summed E-state index contributed by atoms with van der Waals surface area (Å²) in [7, 11) is 0. The average Bonchev–Trinajstić information content (AvgIpc) is 2.29. The molecule has 0 unspecified atom stereocenters. The molecule has 0 amide bonds. The van der Waals surface area contributed by atoms with Crippen molar-refractivity contribution in [2.45, 2.75) is 51.6 Å². The summed E-state index contributed by atoms with van der Waals surface area (Å²) in [5.41, 5.74) is 1.68. The normalized spacial score (nSPS) is 19.0. The minimum Gasteiger partial charge on any atom is -0.490 e. The second kappa shape index (κ2) is 5.09. The lowest BCUT2D eigenvalue weighted by atomic mass is 9.85. The lowest BCUT2D eigenvalue weighted by Crippen LogP contribution is -2.38. The van der Waals surface area contributed by atoms with E-state index in [4.69, 9.17) is 4.74 Å². The summed E-state index contributed by atoms with van der Waals surface area (Å²) in [4.78, 5) is 0. The van der Waals surface area contributed by atoms with Crippen molar-refractivity contribution >= 4 is 0 Å². The highest BCUT2D eigenvalue weighted by atomic mass is 16.5. The molecule has 2 nitrogen and oxygen atoms in total. The van der Waals surface area contributed by atoms with E-state index in [1.807, 2.05) is 32.0 Å². The van der Waals surface area contributed by atoms with Crippen molar-refractivity contribution in [3.63, 3.8) is 0 Å². The van der Waals surface area contributed by atoms with Gasteiger partial charge in [0.2, 0.25) is 0 Å². The van der Waals surface area contributed by atoms with Gasteiger partial charge >= 0.3 is 0 Å². The van der Waals surface area contributed by atoms with Gasteiger partial charge in [-0.25, -0.2) is 0 Å². The highest BCUT2D eigenvalue weighted by Gasteiger charge is 2.30. The molecule has 1 aromatic rings. The molecule has 0 bridgehead atoms. The number of aliphatic hydroxyl groups is 1. The number of para-hydroxylation sites is 1. The minimum absolute atomic E-state index is 0.429. The Bertz CT molecular complexity index is 358. The van der Waals surface area contributed by atoms with Gasteiger partial charge in [-0.2, -0.15) is 0 Å². The van der Waals surface area contributed by atoms with Crippen molar-refractivity contribution in [2.24, 2.45) is 0 Å². The number of hydrogen-bond donors (Lipinski definition) is 1. The standard InChI is InChI=1S/C15H22O2/c1-12-7-6-8-13(2)14(12)17-11-15(16)9-4-3-5-10-15/h6-8,16H,3-5,9-11H2,1-2H3. The molecule has 1 saturated carbocycles. The van der Waals surface area contributed by atoms with E-state index in [0.717, 1.165) is 42.6 Å². The van der Waals surface area contributed by atoms with E-state index < -0.39 is 5.60 Å². The van der Waals surface area contributed by atoms with Gasteiger partial charge in [0, 0.05) is 0 Å². The third-order valence-corrected chi connectivity index (χ3v) is 3.68. The molecule has 0 heterocycles. The van der Waals surface area contributed by atoms with Crippen LogP contribution >= 0.6 is 0 Å². The molecule has 1 aliphatic rings. The van der Waals surface area contributed by atoms with Crippen molar-refractivity contribution in [3.8, 4) is 5.75 Å². The topological polar surface area (TPSA) is 29.5 Å². The number of benzene rings is 1. The Hall–Kier alpha value is -1.02. The van der Waals surface area contributed by atoms with E-state index in [-0.39, 0.29) is 0 Å². The lowest BCUT2D eigenvalue weighted by Gasteiger charge is -2.32. The number of ether oxygens (including phenoxy) is 1. The fraction of sp³-hybridized carbons (Fsp3) is 0.600. The summed E-state index contributed by atoms with van der Waals surface area (Å²) in [6.07, 6.45) is 5.22. The number of aryl methyl sites for hydroxylation is 2. The molecule has 0 spiro atoms. The Morgan fingerprint density at radius 1 is 1.12 bits per heavy atom. The summed E-state index contributed by atoms with van der Waals surface area (Å²) in [5.74, 6) is 0.937. The molecule has 2 heteroatoms. The molecule has 2 rings (SSSR count). The first-order chi connectivity index (χ1) is 8.11. The first-order valence-electron chi connectivity index (χ1n) is 6.52. The largest absolute Gasteiger partial charge is 0.490 e. The number of rotatable bonds is 3. The first-order valence-corrected chi connectivity index (χ1v) is 6.52. The van der Waals surface area contributed by atoms with E-state index in [0.29, 0.717) is 6.61 Å². The van der Waals surface area contributed by atoms with Gasteiger partial charge in [0.1, 0.15) is 12.4 Å². The molecular formula is C15H22O2. The molecule has 94 valence electrons. The molecule has 0 atom stereocenters. The molecule has 1 aromatic carbocycles. The predicted molar refractivity (Wildman–Crippen MR) is 69.4 cm³/mol. The quantitative estimate of drug-likeness (QED) is 0.868. The van der Waals surface area contributed by atoms with Crippen molar-refractivity contribution in [3.05, 3.63) is 29.3 Å². The average molecular weight is 234 g/mol. The molecule has 0 aromatic heterocycles. The van der Waals surface area contributed by atoms with Gasteiger partial charge in [-0.3, -0.25) is 0 Å². The Morgan fingerprint density at radius 2 is 1.71 bits per heavy atom. The highest BCUT2D eigenvalue weighted by Crippen LogP contribution is 2.30. The summed E-state index contributed by atoms with van der Waals surface area (Å²) in [5, 5.41) is 10.4. The van der Waals surface area contributed by atoms with Crippen LogP contribution in [0.4, 0.5) is 0 Å². The third kappa shape index (κ3) is 3.01. The van der Waals surface area contributed by atoms with Crippen LogP contribution in [-0.2, 0) is 0 Å². The molecule has 1 fully saturated rings. The maximum atomic E-state index is 10.4. The van der Waals surface area contributed by atoms with E-state index >= 15 is 0 Å². The van der Waals surface area contributed by atoms with Crippen LogP contribution < -0.4 is 4.74 Å². The van der Waals surface area contributed by atoms with Crippen LogP contribution in [0.3, 0.4) is 0 Å². The van der Waals surface area contributed by atoms with Crippen molar-refractivity contribution in [1.82, 2.24) is 0 Å². The van der Waals surface area contributed by atoms with E-state index in [1.165, 1.54) is 6.42 Å². The molecule has 0 saturated heterocycles. The van der Waals surface area contributed by atoms with Crippen LogP contribution in [0.25, 0.3) is 0 Å². The molecule has 0 radical (unpaired) electrons. The predicted octanol–water partition coefficient (Wildman–Crippen LogP) is 3.38. The van der Waals surface area contributed by atoms with Gasteiger partial charge in [-0.15, -0.1) is 0 Å². The molecule has 0 aliphatic heterocycles. The van der Waals surface area contributed by atoms with Crippen molar-refractivity contribution < 1.29 is 9.84 Å². The van der Waals surface area contributed by atoms with Crippen molar-refractivity contribution in [1.29, 1.82) is 0 Å². The van der Waals surface area contributed by atoms with E-state index in [1.54, 1.807) is 0 Å². The maximum absolute atomic E-state index is 10.4. The molecule has 1 aliphatic carbocycles. The van der Waals surface area contributed by atoms with Gasteiger partial charge in [0.15, 0.2) is 0 Å². The molecular weight excluding hydrogens is 212 g/mol. The van der Waals surface area contributed by atoms with Gasteiger partial charge in [0.25, 0.3) is 0 Å². The zero-order chi connectivity index (χ0) is 12.3. The van der Waals surface area contributed by atoms with E-state index in [9.17, 15) is 5.11 Å².